The first-order valence-electron chi connectivity index (χ1n) is 12.2. The number of fused-ring (bicyclic) bond motifs is 1. The second-order valence-corrected chi connectivity index (χ2v) is 9.37. The molecule has 0 aliphatic heterocycles. The molecule has 0 unspecified atom stereocenters. The summed E-state index contributed by atoms with van der Waals surface area (Å²) in [5, 5.41) is 0. The molecule has 0 radical (unpaired) electrons. The summed E-state index contributed by atoms with van der Waals surface area (Å²) in [4.78, 5) is 21.8. The lowest BCUT2D eigenvalue weighted by atomic mass is 9.99. The van der Waals surface area contributed by atoms with Crippen molar-refractivity contribution < 1.29 is 18.0 Å². The van der Waals surface area contributed by atoms with E-state index in [1.165, 1.54) is 6.33 Å². The third-order valence-corrected chi connectivity index (χ3v) is 6.50. The fourth-order valence-corrected chi connectivity index (χ4v) is 4.38. The first-order valence-corrected chi connectivity index (χ1v) is 12.2. The fourth-order valence-electron chi connectivity index (χ4n) is 4.38. The van der Waals surface area contributed by atoms with Gasteiger partial charge in [0.25, 0.3) is 0 Å². The van der Waals surface area contributed by atoms with E-state index >= 15 is 0 Å². The van der Waals surface area contributed by atoms with Gasteiger partial charge in [-0.15, -0.1) is 0 Å². The van der Waals surface area contributed by atoms with Crippen LogP contribution in [0.4, 0.5) is 13.2 Å². The van der Waals surface area contributed by atoms with Crippen LogP contribution in [-0.2, 0) is 12.6 Å². The highest BCUT2D eigenvalue weighted by Crippen LogP contribution is 2.39. The molecule has 1 fully saturated rings. The Balaban J connectivity index is 1.26. The van der Waals surface area contributed by atoms with Gasteiger partial charge in [-0.2, -0.15) is 13.2 Å². The van der Waals surface area contributed by atoms with Crippen LogP contribution in [-0.4, -0.2) is 24.7 Å². The number of pyridine rings is 1. The maximum Gasteiger partial charge on any atom is 0.416 e. The molecular weight excluding hydrogens is 489 g/mol. The summed E-state index contributed by atoms with van der Waals surface area (Å²) >= 11 is 0. The number of ketones is 1. The number of carbonyl (C=O) groups excluding carboxylic acids is 1. The van der Waals surface area contributed by atoms with Gasteiger partial charge in [0, 0.05) is 41.5 Å². The molecule has 6 rings (SSSR count). The fraction of sp³-hybridized carbons (Fsp3) is 0.167. The Morgan fingerprint density at radius 2 is 1.87 bits per heavy atom. The van der Waals surface area contributed by atoms with Crippen molar-refractivity contribution in [1.29, 1.82) is 0 Å². The average Bonchev–Trinajstić information content (AvgIpc) is 3.49. The summed E-state index contributed by atoms with van der Waals surface area (Å²) in [6.45, 7) is 0. The van der Waals surface area contributed by atoms with E-state index in [9.17, 15) is 18.0 Å². The Hall–Kier alpha value is -4.64. The van der Waals surface area contributed by atoms with E-state index in [4.69, 9.17) is 0 Å². The Labute approximate surface area is 216 Å². The Morgan fingerprint density at radius 3 is 2.68 bits per heavy atom. The van der Waals surface area contributed by atoms with Crippen molar-refractivity contribution in [3.8, 4) is 17.5 Å². The molecule has 188 valence electrons. The zero-order valence-electron chi connectivity index (χ0n) is 20.1. The zero-order chi connectivity index (χ0) is 26.3. The van der Waals surface area contributed by atoms with E-state index < -0.39 is 11.7 Å². The van der Waals surface area contributed by atoms with Crippen LogP contribution < -0.4 is 0 Å². The predicted molar refractivity (Wildman–Crippen MR) is 136 cm³/mol. The number of hydrogen-bond donors (Lipinski definition) is 0. The molecule has 5 aromatic rings. The Bertz CT molecular complexity index is 1730. The summed E-state index contributed by atoms with van der Waals surface area (Å²) < 4.78 is 44.5. The SMILES string of the molecule is O=C(Cc1cc(-n2cnc(C3CC3)c2)cc(C(F)(F)F)c1)c1cccc(C#Cc2cnc3ccccn23)c1. The molecular formula is C30H21F3N4O. The van der Waals surface area contributed by atoms with E-state index in [0.717, 1.165) is 36.3 Å². The van der Waals surface area contributed by atoms with Gasteiger partial charge < -0.3 is 4.57 Å². The normalized spacial score (nSPS) is 13.3. The highest BCUT2D eigenvalue weighted by molar-refractivity contribution is 5.97. The van der Waals surface area contributed by atoms with Gasteiger partial charge in [0.1, 0.15) is 11.3 Å². The summed E-state index contributed by atoms with van der Waals surface area (Å²) in [6.07, 6.45) is 4.21. The smallest absolute Gasteiger partial charge is 0.306 e. The summed E-state index contributed by atoms with van der Waals surface area (Å²) in [5.74, 6) is 6.21. The van der Waals surface area contributed by atoms with Crippen molar-refractivity contribution in [3.63, 3.8) is 0 Å². The van der Waals surface area contributed by atoms with Gasteiger partial charge in [-0.05, 0) is 66.8 Å². The second-order valence-electron chi connectivity index (χ2n) is 9.37. The first-order chi connectivity index (χ1) is 18.3. The summed E-state index contributed by atoms with van der Waals surface area (Å²) in [7, 11) is 0. The minimum Gasteiger partial charge on any atom is -0.306 e. The number of benzene rings is 2. The van der Waals surface area contributed by atoms with Crippen LogP contribution in [0.2, 0.25) is 0 Å². The number of imidazole rings is 2. The molecule has 2 aromatic carbocycles. The lowest BCUT2D eigenvalue weighted by Crippen LogP contribution is -2.10. The average molecular weight is 511 g/mol. The lowest BCUT2D eigenvalue weighted by molar-refractivity contribution is -0.137. The molecule has 1 aliphatic carbocycles. The molecule has 0 atom stereocenters. The minimum absolute atomic E-state index is 0.175. The Morgan fingerprint density at radius 1 is 1.00 bits per heavy atom. The van der Waals surface area contributed by atoms with Crippen molar-refractivity contribution in [3.05, 3.63) is 119 Å². The minimum atomic E-state index is -4.54. The maximum absolute atomic E-state index is 13.7. The van der Waals surface area contributed by atoms with Gasteiger partial charge in [0.15, 0.2) is 5.78 Å². The number of Topliss-reactive ketones (excluding diaryl/α,β-unsaturated/α-hetero) is 1. The van der Waals surface area contributed by atoms with Crippen molar-refractivity contribution in [2.45, 2.75) is 31.4 Å². The van der Waals surface area contributed by atoms with E-state index in [-0.39, 0.29) is 17.8 Å². The maximum atomic E-state index is 13.7. The molecule has 38 heavy (non-hydrogen) atoms. The molecule has 0 bridgehead atoms. The summed E-state index contributed by atoms with van der Waals surface area (Å²) in [5.41, 5.74) is 3.18. The van der Waals surface area contributed by atoms with Crippen LogP contribution in [0.25, 0.3) is 11.3 Å². The largest absolute Gasteiger partial charge is 0.416 e. The highest BCUT2D eigenvalue weighted by atomic mass is 19.4. The van der Waals surface area contributed by atoms with E-state index in [2.05, 4.69) is 21.8 Å². The van der Waals surface area contributed by atoms with E-state index in [1.807, 2.05) is 28.8 Å². The van der Waals surface area contributed by atoms with E-state index in [0.29, 0.717) is 28.4 Å². The molecule has 0 saturated heterocycles. The number of halogens is 3. The Kier molecular flexibility index (Phi) is 5.84. The molecule has 0 spiro atoms. The summed E-state index contributed by atoms with van der Waals surface area (Å²) in [6, 6.07) is 16.2. The molecule has 0 amide bonds. The number of aromatic nitrogens is 4. The standard InChI is InChI=1S/C30H21F3N4O/c31-30(32,33)24-13-21(14-26(16-24)36-18-27(35-19-36)22-8-9-22)15-28(38)23-5-3-4-20(12-23)7-10-25-17-34-29-6-1-2-11-37(25)29/h1-6,11-14,16-19,22H,8-9,15H2. The van der Waals surface area contributed by atoms with Crippen molar-refractivity contribution in [1.82, 2.24) is 18.9 Å². The monoisotopic (exact) mass is 510 g/mol. The number of alkyl halides is 3. The third-order valence-electron chi connectivity index (χ3n) is 6.50. The zero-order valence-corrected chi connectivity index (χ0v) is 20.1. The van der Waals surface area contributed by atoms with E-state index in [1.54, 1.807) is 47.3 Å². The van der Waals surface area contributed by atoms with Gasteiger partial charge in [0.2, 0.25) is 0 Å². The number of carbonyl (C=O) groups is 1. The first kappa shape index (κ1) is 23.7. The number of rotatable bonds is 5. The second kappa shape index (κ2) is 9.34. The molecule has 0 N–H and O–H groups in total. The lowest BCUT2D eigenvalue weighted by Gasteiger charge is -2.13. The van der Waals surface area contributed by atoms with Gasteiger partial charge >= 0.3 is 6.18 Å². The molecule has 5 nitrogen and oxygen atoms in total. The third kappa shape index (κ3) is 4.96. The molecule has 1 aliphatic rings. The van der Waals surface area contributed by atoms with Crippen LogP contribution in [0.1, 0.15) is 57.2 Å². The molecule has 1 saturated carbocycles. The molecule has 8 heteroatoms. The van der Waals surface area contributed by atoms with Crippen LogP contribution in [0.15, 0.2) is 85.6 Å². The van der Waals surface area contributed by atoms with Gasteiger partial charge in [-0.3, -0.25) is 9.20 Å². The van der Waals surface area contributed by atoms with Crippen molar-refractivity contribution in [2.24, 2.45) is 0 Å². The van der Waals surface area contributed by atoms with Crippen LogP contribution >= 0.6 is 0 Å². The quantitative estimate of drug-likeness (QED) is 0.208. The van der Waals surface area contributed by atoms with Gasteiger partial charge in [-0.25, -0.2) is 9.97 Å². The van der Waals surface area contributed by atoms with Crippen LogP contribution in [0.3, 0.4) is 0 Å². The molecule has 3 aromatic heterocycles. The topological polar surface area (TPSA) is 52.2 Å². The van der Waals surface area contributed by atoms with Gasteiger partial charge in [0.05, 0.1) is 23.8 Å². The number of hydrogen-bond acceptors (Lipinski definition) is 3. The predicted octanol–water partition coefficient (Wildman–Crippen LogP) is 6.24. The van der Waals surface area contributed by atoms with Crippen LogP contribution in [0.5, 0.6) is 0 Å². The van der Waals surface area contributed by atoms with Crippen molar-refractivity contribution in [2.75, 3.05) is 0 Å². The van der Waals surface area contributed by atoms with Gasteiger partial charge in [-0.1, -0.05) is 24.1 Å². The van der Waals surface area contributed by atoms with Crippen LogP contribution in [0, 0.1) is 11.8 Å². The highest BCUT2D eigenvalue weighted by Gasteiger charge is 2.32. The van der Waals surface area contributed by atoms with Crippen molar-refractivity contribution >= 4 is 11.4 Å². The molecule has 3 heterocycles. The number of nitrogens with zero attached hydrogens (tertiary/aromatic N) is 4.